The fraction of sp³-hybridized carbons (Fsp3) is 0.444. The van der Waals surface area contributed by atoms with E-state index < -0.39 is 10.0 Å². The normalized spacial score (nSPS) is 11.7. The predicted molar refractivity (Wildman–Crippen MR) is 62.2 cm³/mol. The van der Waals surface area contributed by atoms with Crippen LogP contribution in [0.25, 0.3) is 0 Å². The number of hydrogen-bond acceptors (Lipinski definition) is 3. The molecular formula is C9H13BrN2O2S. The van der Waals surface area contributed by atoms with E-state index in [0.717, 1.165) is 12.0 Å². The molecule has 0 radical (unpaired) electrons. The van der Waals surface area contributed by atoms with Crippen LogP contribution in [0.2, 0.25) is 0 Å². The molecule has 0 bridgehead atoms. The van der Waals surface area contributed by atoms with Gasteiger partial charge in [-0.2, -0.15) is 0 Å². The maximum atomic E-state index is 11.8. The van der Waals surface area contributed by atoms with Crippen molar-refractivity contribution in [2.24, 2.45) is 0 Å². The van der Waals surface area contributed by atoms with E-state index in [9.17, 15) is 8.42 Å². The van der Waals surface area contributed by atoms with Gasteiger partial charge in [0.1, 0.15) is 9.50 Å². The molecule has 0 aliphatic heterocycles. The lowest BCUT2D eigenvalue weighted by atomic mass is 10.3. The smallest absolute Gasteiger partial charge is 0.243 e. The van der Waals surface area contributed by atoms with Crippen molar-refractivity contribution in [3.8, 4) is 0 Å². The number of nitrogens with one attached hydrogen (secondary N) is 1. The van der Waals surface area contributed by atoms with Gasteiger partial charge in [-0.05, 0) is 40.9 Å². The Kier molecular flexibility index (Phi) is 4.24. The van der Waals surface area contributed by atoms with E-state index >= 15 is 0 Å². The summed E-state index contributed by atoms with van der Waals surface area (Å²) in [5.41, 5.74) is 0.815. The molecule has 0 aliphatic rings. The largest absolute Gasteiger partial charge is 0.248 e. The van der Waals surface area contributed by atoms with Gasteiger partial charge >= 0.3 is 0 Å². The highest BCUT2D eigenvalue weighted by atomic mass is 79.9. The van der Waals surface area contributed by atoms with E-state index in [0.29, 0.717) is 11.1 Å². The zero-order valence-corrected chi connectivity index (χ0v) is 11.0. The second-order valence-electron chi connectivity index (χ2n) is 3.20. The van der Waals surface area contributed by atoms with Crippen LogP contribution < -0.4 is 4.72 Å². The monoisotopic (exact) mass is 292 g/mol. The van der Waals surface area contributed by atoms with Crippen LogP contribution in [0.4, 0.5) is 0 Å². The minimum Gasteiger partial charge on any atom is -0.248 e. The van der Waals surface area contributed by atoms with Crippen molar-refractivity contribution >= 4 is 26.0 Å². The van der Waals surface area contributed by atoms with Gasteiger partial charge in [0, 0.05) is 12.7 Å². The number of sulfonamides is 1. The minimum absolute atomic E-state index is 0.191. The first-order valence-corrected chi connectivity index (χ1v) is 6.87. The summed E-state index contributed by atoms with van der Waals surface area (Å²) in [5.74, 6) is 0. The zero-order valence-electron chi connectivity index (χ0n) is 8.62. The lowest BCUT2D eigenvalue weighted by molar-refractivity contribution is 0.579. The van der Waals surface area contributed by atoms with Crippen molar-refractivity contribution in [2.75, 3.05) is 6.54 Å². The third kappa shape index (κ3) is 3.25. The number of rotatable bonds is 4. The molecule has 0 aromatic carbocycles. The predicted octanol–water partition coefficient (Wildman–Crippen LogP) is 1.84. The van der Waals surface area contributed by atoms with Gasteiger partial charge in [-0.1, -0.05) is 6.92 Å². The first-order chi connectivity index (χ1) is 6.97. The van der Waals surface area contributed by atoms with Crippen LogP contribution in [0.15, 0.2) is 21.8 Å². The molecule has 0 amide bonds. The lowest BCUT2D eigenvalue weighted by Gasteiger charge is -2.07. The van der Waals surface area contributed by atoms with Gasteiger partial charge in [0.05, 0.1) is 0 Å². The molecule has 84 valence electrons. The summed E-state index contributed by atoms with van der Waals surface area (Å²) in [4.78, 5) is 4.14. The standard InChI is InChI=1S/C9H13BrN2O2S/c1-3-4-12-15(13,14)8-5-7(2)6-11-9(8)10/h5-6,12H,3-4H2,1-2H3. The van der Waals surface area contributed by atoms with E-state index in [2.05, 4.69) is 25.6 Å². The van der Waals surface area contributed by atoms with Gasteiger partial charge in [0.15, 0.2) is 0 Å². The molecule has 4 nitrogen and oxygen atoms in total. The maximum Gasteiger partial charge on any atom is 0.243 e. The Morgan fingerprint density at radius 2 is 2.20 bits per heavy atom. The van der Waals surface area contributed by atoms with Crippen molar-refractivity contribution in [1.82, 2.24) is 9.71 Å². The van der Waals surface area contributed by atoms with E-state index in [4.69, 9.17) is 0 Å². The number of halogens is 1. The molecule has 0 atom stereocenters. The number of pyridine rings is 1. The van der Waals surface area contributed by atoms with Gasteiger partial charge in [0.2, 0.25) is 10.0 Å². The van der Waals surface area contributed by atoms with Crippen LogP contribution in [-0.4, -0.2) is 19.9 Å². The van der Waals surface area contributed by atoms with Crippen molar-refractivity contribution < 1.29 is 8.42 Å². The van der Waals surface area contributed by atoms with Gasteiger partial charge in [-0.3, -0.25) is 0 Å². The molecule has 1 N–H and O–H groups in total. The Morgan fingerprint density at radius 1 is 1.53 bits per heavy atom. The lowest BCUT2D eigenvalue weighted by Crippen LogP contribution is -2.25. The number of aryl methyl sites for hydroxylation is 1. The Balaban J connectivity index is 3.09. The van der Waals surface area contributed by atoms with Crippen LogP contribution in [0.3, 0.4) is 0 Å². The second-order valence-corrected chi connectivity index (χ2v) is 5.69. The molecule has 0 unspecified atom stereocenters. The first-order valence-electron chi connectivity index (χ1n) is 4.59. The number of nitrogens with zero attached hydrogens (tertiary/aromatic N) is 1. The summed E-state index contributed by atoms with van der Waals surface area (Å²) in [6.07, 6.45) is 2.37. The van der Waals surface area contributed by atoms with Crippen molar-refractivity contribution in [3.63, 3.8) is 0 Å². The molecular weight excluding hydrogens is 280 g/mol. The first kappa shape index (κ1) is 12.6. The molecule has 6 heteroatoms. The molecule has 1 aromatic heterocycles. The van der Waals surface area contributed by atoms with Gasteiger partial charge < -0.3 is 0 Å². The van der Waals surface area contributed by atoms with E-state index in [1.54, 1.807) is 19.2 Å². The number of hydrogen-bond donors (Lipinski definition) is 1. The molecule has 0 spiro atoms. The van der Waals surface area contributed by atoms with Crippen molar-refractivity contribution in [1.29, 1.82) is 0 Å². The molecule has 0 saturated carbocycles. The second kappa shape index (κ2) is 5.05. The van der Waals surface area contributed by atoms with Gasteiger partial charge in [0.25, 0.3) is 0 Å². The molecule has 15 heavy (non-hydrogen) atoms. The third-order valence-electron chi connectivity index (χ3n) is 1.78. The average molecular weight is 293 g/mol. The third-order valence-corrected chi connectivity index (χ3v) is 4.14. The average Bonchev–Trinajstić information content (AvgIpc) is 2.18. The highest BCUT2D eigenvalue weighted by molar-refractivity contribution is 9.10. The fourth-order valence-corrected chi connectivity index (χ4v) is 3.13. The van der Waals surface area contributed by atoms with Gasteiger partial charge in [-0.25, -0.2) is 18.1 Å². The maximum absolute atomic E-state index is 11.8. The Hall–Kier alpha value is -0.460. The molecule has 1 heterocycles. The molecule has 1 aromatic rings. The summed E-state index contributed by atoms with van der Waals surface area (Å²) >= 11 is 3.13. The SMILES string of the molecule is CCCNS(=O)(=O)c1cc(C)cnc1Br. The van der Waals surface area contributed by atoms with Crippen LogP contribution >= 0.6 is 15.9 Å². The molecule has 0 saturated heterocycles. The Labute approximate surface area is 98.3 Å². The van der Waals surface area contributed by atoms with Crippen LogP contribution in [-0.2, 0) is 10.0 Å². The zero-order chi connectivity index (χ0) is 11.5. The topological polar surface area (TPSA) is 59.1 Å². The van der Waals surface area contributed by atoms with Crippen LogP contribution in [0.5, 0.6) is 0 Å². The van der Waals surface area contributed by atoms with E-state index in [-0.39, 0.29) is 4.90 Å². The van der Waals surface area contributed by atoms with E-state index in [1.165, 1.54) is 0 Å². The molecule has 0 aliphatic carbocycles. The van der Waals surface area contributed by atoms with Crippen molar-refractivity contribution in [3.05, 3.63) is 22.4 Å². The summed E-state index contributed by atoms with van der Waals surface area (Å²) in [6, 6.07) is 1.59. The molecule has 1 rings (SSSR count). The Morgan fingerprint density at radius 3 is 2.80 bits per heavy atom. The summed E-state index contributed by atoms with van der Waals surface area (Å²) in [6.45, 7) is 4.15. The molecule has 0 fully saturated rings. The Bertz CT molecular complexity index is 445. The fourth-order valence-electron chi connectivity index (χ4n) is 1.03. The summed E-state index contributed by atoms with van der Waals surface area (Å²) < 4.78 is 26.4. The van der Waals surface area contributed by atoms with Crippen LogP contribution in [0, 0.1) is 6.92 Å². The van der Waals surface area contributed by atoms with Crippen LogP contribution in [0.1, 0.15) is 18.9 Å². The highest BCUT2D eigenvalue weighted by Crippen LogP contribution is 2.19. The summed E-state index contributed by atoms with van der Waals surface area (Å²) in [7, 11) is -3.43. The van der Waals surface area contributed by atoms with Gasteiger partial charge in [-0.15, -0.1) is 0 Å². The minimum atomic E-state index is -3.43. The summed E-state index contributed by atoms with van der Waals surface area (Å²) in [5, 5.41) is 0. The quantitative estimate of drug-likeness (QED) is 0.862. The van der Waals surface area contributed by atoms with E-state index in [1.807, 2.05) is 6.92 Å². The number of aromatic nitrogens is 1. The van der Waals surface area contributed by atoms with Crippen molar-refractivity contribution in [2.45, 2.75) is 25.2 Å². The highest BCUT2D eigenvalue weighted by Gasteiger charge is 2.17.